The number of hydrogen-bond acceptors (Lipinski definition) is 5. The average Bonchev–Trinajstić information content (AvgIpc) is 2.80. The molecule has 168 valence electrons. The number of carbonyl (C=O) groups excluding carboxylic acids is 1. The third kappa shape index (κ3) is 4.86. The first kappa shape index (κ1) is 22.8. The fourth-order valence-electron chi connectivity index (χ4n) is 3.60. The Balaban J connectivity index is 1.77. The van der Waals surface area contributed by atoms with Gasteiger partial charge in [-0.15, -0.1) is 0 Å². The number of esters is 1. The van der Waals surface area contributed by atoms with Crippen LogP contribution in [0.15, 0.2) is 74.3 Å². The number of halogens is 1. The van der Waals surface area contributed by atoms with Gasteiger partial charge in [0.15, 0.2) is 0 Å². The second-order valence-corrected chi connectivity index (χ2v) is 8.65. The van der Waals surface area contributed by atoms with Crippen LogP contribution in [-0.2, 0) is 11.3 Å². The van der Waals surface area contributed by atoms with E-state index in [0.717, 1.165) is 21.2 Å². The standard InChI is InChI=1S/C27H23BrO5/c1-4-31-27(30)26-24(18-7-9-20(28)10-8-18)25(29)22-12-11-21(14-23(22)33-26)32-15-19-13-16(2)5-6-17(19)3/h5-14H,4,15H2,1-3H3. The number of hydrogen-bond donors (Lipinski definition) is 0. The largest absolute Gasteiger partial charge is 0.489 e. The van der Waals surface area contributed by atoms with Crippen LogP contribution in [0.25, 0.3) is 22.1 Å². The summed E-state index contributed by atoms with van der Waals surface area (Å²) >= 11 is 3.39. The Hall–Kier alpha value is -3.38. The molecule has 0 spiro atoms. The van der Waals surface area contributed by atoms with Gasteiger partial charge in [0, 0.05) is 10.5 Å². The van der Waals surface area contributed by atoms with Gasteiger partial charge in [-0.05, 0) is 61.7 Å². The summed E-state index contributed by atoms with van der Waals surface area (Å²) in [5.41, 5.74) is 4.09. The SMILES string of the molecule is CCOC(=O)c1oc2cc(OCc3cc(C)ccc3C)ccc2c(=O)c1-c1ccc(Br)cc1. The highest BCUT2D eigenvalue weighted by Gasteiger charge is 2.23. The van der Waals surface area contributed by atoms with Crippen LogP contribution in [0.1, 0.15) is 34.2 Å². The summed E-state index contributed by atoms with van der Waals surface area (Å²) in [6.45, 7) is 6.32. The highest BCUT2D eigenvalue weighted by molar-refractivity contribution is 9.10. The molecule has 0 amide bonds. The van der Waals surface area contributed by atoms with Gasteiger partial charge in [0.05, 0.1) is 17.6 Å². The highest BCUT2D eigenvalue weighted by Crippen LogP contribution is 2.29. The second kappa shape index (κ2) is 9.63. The maximum Gasteiger partial charge on any atom is 0.375 e. The van der Waals surface area contributed by atoms with E-state index in [1.807, 2.05) is 13.8 Å². The van der Waals surface area contributed by atoms with Crippen molar-refractivity contribution in [2.45, 2.75) is 27.4 Å². The first-order valence-corrected chi connectivity index (χ1v) is 11.4. The fourth-order valence-corrected chi connectivity index (χ4v) is 3.86. The van der Waals surface area contributed by atoms with E-state index in [0.29, 0.717) is 23.3 Å². The van der Waals surface area contributed by atoms with Crippen molar-refractivity contribution in [3.8, 4) is 16.9 Å². The average molecular weight is 507 g/mol. The molecule has 0 aliphatic heterocycles. The van der Waals surface area contributed by atoms with Crippen LogP contribution in [0.3, 0.4) is 0 Å². The van der Waals surface area contributed by atoms with Crippen molar-refractivity contribution in [2.75, 3.05) is 6.61 Å². The minimum atomic E-state index is -0.684. The normalized spacial score (nSPS) is 10.9. The molecule has 4 aromatic rings. The molecule has 0 unspecified atom stereocenters. The lowest BCUT2D eigenvalue weighted by Crippen LogP contribution is -2.15. The molecule has 1 heterocycles. The fraction of sp³-hybridized carbons (Fsp3) is 0.185. The van der Waals surface area contributed by atoms with Crippen LogP contribution in [0.4, 0.5) is 0 Å². The lowest BCUT2D eigenvalue weighted by Gasteiger charge is -2.12. The minimum Gasteiger partial charge on any atom is -0.489 e. The van der Waals surface area contributed by atoms with E-state index in [-0.39, 0.29) is 28.9 Å². The Kier molecular flexibility index (Phi) is 6.65. The van der Waals surface area contributed by atoms with E-state index in [9.17, 15) is 9.59 Å². The molecule has 0 aliphatic carbocycles. The molecule has 0 saturated heterocycles. The molecule has 0 radical (unpaired) electrons. The lowest BCUT2D eigenvalue weighted by atomic mass is 10.0. The molecule has 5 nitrogen and oxygen atoms in total. The zero-order valence-corrected chi connectivity index (χ0v) is 20.2. The van der Waals surface area contributed by atoms with Crippen LogP contribution in [0.2, 0.25) is 0 Å². The zero-order valence-electron chi connectivity index (χ0n) is 18.6. The first-order chi connectivity index (χ1) is 15.9. The third-order valence-electron chi connectivity index (χ3n) is 5.36. The summed E-state index contributed by atoms with van der Waals surface area (Å²) in [6, 6.07) is 18.4. The minimum absolute atomic E-state index is 0.122. The number of benzene rings is 3. The van der Waals surface area contributed by atoms with Crippen LogP contribution in [0.5, 0.6) is 5.75 Å². The van der Waals surface area contributed by atoms with Crippen LogP contribution in [0, 0.1) is 13.8 Å². The van der Waals surface area contributed by atoms with E-state index < -0.39 is 5.97 Å². The van der Waals surface area contributed by atoms with E-state index in [4.69, 9.17) is 13.9 Å². The molecule has 1 aromatic heterocycles. The van der Waals surface area contributed by atoms with Crippen molar-refractivity contribution in [3.05, 3.63) is 97.8 Å². The number of ether oxygens (including phenoxy) is 2. The zero-order chi connectivity index (χ0) is 23.5. The van der Waals surface area contributed by atoms with Crippen molar-refractivity contribution in [3.63, 3.8) is 0 Å². The Morgan fingerprint density at radius 2 is 1.76 bits per heavy atom. The molecular weight excluding hydrogens is 484 g/mol. The van der Waals surface area contributed by atoms with Gasteiger partial charge in [-0.1, -0.05) is 51.8 Å². The summed E-state index contributed by atoms with van der Waals surface area (Å²) in [5, 5.41) is 0.361. The van der Waals surface area contributed by atoms with Crippen molar-refractivity contribution in [1.82, 2.24) is 0 Å². The number of fused-ring (bicyclic) bond motifs is 1. The van der Waals surface area contributed by atoms with Crippen molar-refractivity contribution >= 4 is 32.9 Å². The molecule has 0 saturated carbocycles. The molecule has 0 bridgehead atoms. The first-order valence-electron chi connectivity index (χ1n) is 10.6. The predicted molar refractivity (Wildman–Crippen MR) is 132 cm³/mol. The maximum absolute atomic E-state index is 13.4. The summed E-state index contributed by atoms with van der Waals surface area (Å²) < 4.78 is 17.9. The molecule has 0 fully saturated rings. The Morgan fingerprint density at radius 1 is 1.00 bits per heavy atom. The Bertz CT molecular complexity index is 1390. The third-order valence-corrected chi connectivity index (χ3v) is 5.89. The highest BCUT2D eigenvalue weighted by atomic mass is 79.9. The van der Waals surface area contributed by atoms with Crippen molar-refractivity contribution in [2.24, 2.45) is 0 Å². The summed E-state index contributed by atoms with van der Waals surface area (Å²) in [7, 11) is 0. The molecule has 6 heteroatoms. The van der Waals surface area contributed by atoms with Gasteiger partial charge >= 0.3 is 5.97 Å². The van der Waals surface area contributed by atoms with Gasteiger partial charge in [-0.3, -0.25) is 4.79 Å². The molecule has 33 heavy (non-hydrogen) atoms. The van der Waals surface area contributed by atoms with E-state index in [1.165, 1.54) is 0 Å². The van der Waals surface area contributed by atoms with Crippen molar-refractivity contribution in [1.29, 1.82) is 0 Å². The lowest BCUT2D eigenvalue weighted by molar-refractivity contribution is 0.0492. The van der Waals surface area contributed by atoms with Gasteiger partial charge in [-0.25, -0.2) is 4.79 Å². The van der Waals surface area contributed by atoms with Crippen LogP contribution in [-0.4, -0.2) is 12.6 Å². The topological polar surface area (TPSA) is 65.7 Å². The predicted octanol–water partition coefficient (Wildman–Crippen LogP) is 6.60. The van der Waals surface area contributed by atoms with Gasteiger partial charge in [-0.2, -0.15) is 0 Å². The van der Waals surface area contributed by atoms with E-state index >= 15 is 0 Å². The summed E-state index contributed by atoms with van der Waals surface area (Å²) in [6.07, 6.45) is 0. The van der Waals surface area contributed by atoms with E-state index in [1.54, 1.807) is 49.4 Å². The Labute approximate surface area is 200 Å². The van der Waals surface area contributed by atoms with E-state index in [2.05, 4.69) is 34.1 Å². The molecular formula is C27H23BrO5. The number of aryl methyl sites for hydroxylation is 2. The van der Waals surface area contributed by atoms with Crippen molar-refractivity contribution < 1.29 is 18.7 Å². The van der Waals surface area contributed by atoms with Crippen LogP contribution < -0.4 is 10.2 Å². The number of rotatable bonds is 6. The molecule has 0 atom stereocenters. The monoisotopic (exact) mass is 506 g/mol. The van der Waals surface area contributed by atoms with Crippen LogP contribution >= 0.6 is 15.9 Å². The Morgan fingerprint density at radius 3 is 2.48 bits per heavy atom. The smallest absolute Gasteiger partial charge is 0.375 e. The quantitative estimate of drug-likeness (QED) is 0.276. The molecule has 0 N–H and O–H groups in total. The summed E-state index contributed by atoms with van der Waals surface area (Å²) in [4.78, 5) is 26.1. The maximum atomic E-state index is 13.4. The molecule has 4 rings (SSSR count). The van der Waals surface area contributed by atoms with Gasteiger partial charge in [0.25, 0.3) is 0 Å². The van der Waals surface area contributed by atoms with Gasteiger partial charge in [0.2, 0.25) is 11.2 Å². The second-order valence-electron chi connectivity index (χ2n) is 7.74. The van der Waals surface area contributed by atoms with Gasteiger partial charge in [0.1, 0.15) is 17.9 Å². The number of carbonyl (C=O) groups is 1. The molecule has 0 aliphatic rings. The molecule has 3 aromatic carbocycles. The van der Waals surface area contributed by atoms with Gasteiger partial charge < -0.3 is 13.9 Å². The summed E-state index contributed by atoms with van der Waals surface area (Å²) in [5.74, 6) is -0.266.